The molecule has 1 aromatic rings. The number of carbonyl (C=O) groups excluding carboxylic acids is 3. The molecule has 0 saturated carbocycles. The average Bonchev–Trinajstić information content (AvgIpc) is 2.50. The second-order valence-electron chi connectivity index (χ2n) is 4.46. The van der Waals surface area contributed by atoms with Gasteiger partial charge in [0, 0.05) is 0 Å². The number of nitrogens with one attached hydrogen (secondary N) is 2. The van der Waals surface area contributed by atoms with Gasteiger partial charge >= 0.3 is 5.97 Å². The number of carbonyl (C=O) groups is 3. The Kier molecular flexibility index (Phi) is 5.42. The largest absolute Gasteiger partial charge is 0.482 e. The van der Waals surface area contributed by atoms with Crippen molar-refractivity contribution in [2.24, 2.45) is 0 Å². The minimum Gasteiger partial charge on any atom is -0.482 e. The van der Waals surface area contributed by atoms with Gasteiger partial charge in [0.2, 0.25) is 0 Å². The van der Waals surface area contributed by atoms with E-state index in [2.05, 4.69) is 10.6 Å². The van der Waals surface area contributed by atoms with Crippen molar-refractivity contribution in [3.05, 3.63) is 35.4 Å². The Morgan fingerprint density at radius 1 is 1.17 bits per heavy atom. The fraction of sp³-hybridized carbons (Fsp3) is 0.200. The molecule has 0 atom stereocenters. The van der Waals surface area contributed by atoms with Crippen LogP contribution in [-0.2, 0) is 19.1 Å². The summed E-state index contributed by atoms with van der Waals surface area (Å²) in [4.78, 5) is 34.6. The van der Waals surface area contributed by atoms with E-state index < -0.39 is 17.8 Å². The molecule has 0 spiro atoms. The number of hydrogen-bond donors (Lipinski definition) is 2. The number of thiocarbonyl (C=S) groups is 1. The van der Waals surface area contributed by atoms with Gasteiger partial charge in [-0.2, -0.15) is 0 Å². The molecule has 0 aliphatic carbocycles. The molecule has 1 saturated heterocycles. The zero-order valence-electron chi connectivity index (χ0n) is 12.3. The third kappa shape index (κ3) is 4.62. The van der Waals surface area contributed by atoms with Crippen molar-refractivity contribution in [1.82, 2.24) is 10.6 Å². The predicted molar refractivity (Wildman–Crippen MR) is 85.4 cm³/mol. The van der Waals surface area contributed by atoms with Gasteiger partial charge in [-0.1, -0.05) is 12.1 Å². The summed E-state index contributed by atoms with van der Waals surface area (Å²) < 4.78 is 10.00. The number of ether oxygens (including phenoxy) is 2. The van der Waals surface area contributed by atoms with E-state index in [9.17, 15) is 14.4 Å². The zero-order valence-corrected chi connectivity index (χ0v) is 13.1. The number of amides is 2. The zero-order chi connectivity index (χ0) is 16.8. The minimum absolute atomic E-state index is 0.0140. The van der Waals surface area contributed by atoms with Crippen molar-refractivity contribution >= 4 is 41.2 Å². The summed E-state index contributed by atoms with van der Waals surface area (Å²) >= 11 is 4.72. The van der Waals surface area contributed by atoms with Crippen LogP contribution in [0.2, 0.25) is 0 Å². The van der Waals surface area contributed by atoms with E-state index in [0.29, 0.717) is 17.9 Å². The molecule has 0 unspecified atom stereocenters. The molecule has 120 valence electrons. The second kappa shape index (κ2) is 7.50. The fourth-order valence-electron chi connectivity index (χ4n) is 1.78. The first-order valence-corrected chi connectivity index (χ1v) is 7.17. The molecule has 1 fully saturated rings. The van der Waals surface area contributed by atoms with Gasteiger partial charge < -0.3 is 9.47 Å². The molecule has 2 rings (SSSR count). The number of esters is 1. The lowest BCUT2D eigenvalue weighted by Gasteiger charge is -2.16. The van der Waals surface area contributed by atoms with Crippen LogP contribution in [0, 0.1) is 0 Å². The van der Waals surface area contributed by atoms with Crippen LogP contribution in [0.4, 0.5) is 0 Å². The summed E-state index contributed by atoms with van der Waals surface area (Å²) in [6, 6.07) is 6.55. The summed E-state index contributed by atoms with van der Waals surface area (Å²) in [6.07, 6.45) is 1.43. The molecule has 2 N–H and O–H groups in total. The molecule has 1 aromatic carbocycles. The first-order valence-electron chi connectivity index (χ1n) is 6.76. The molecule has 8 heteroatoms. The van der Waals surface area contributed by atoms with Crippen LogP contribution in [0.3, 0.4) is 0 Å². The lowest BCUT2D eigenvalue weighted by Crippen LogP contribution is -2.51. The van der Waals surface area contributed by atoms with Gasteiger partial charge in [-0.15, -0.1) is 0 Å². The molecule has 7 nitrogen and oxygen atoms in total. The van der Waals surface area contributed by atoms with E-state index >= 15 is 0 Å². The smallest absolute Gasteiger partial charge is 0.344 e. The van der Waals surface area contributed by atoms with E-state index in [0.717, 1.165) is 0 Å². The molecule has 1 heterocycles. The van der Waals surface area contributed by atoms with Crippen LogP contribution in [0.5, 0.6) is 5.75 Å². The van der Waals surface area contributed by atoms with Crippen molar-refractivity contribution in [1.29, 1.82) is 0 Å². The Hall–Kier alpha value is -2.74. The maximum absolute atomic E-state index is 11.7. The second-order valence-corrected chi connectivity index (χ2v) is 4.87. The van der Waals surface area contributed by atoms with Gasteiger partial charge in [-0.25, -0.2) is 4.79 Å². The van der Waals surface area contributed by atoms with Crippen molar-refractivity contribution in [3.8, 4) is 5.75 Å². The Balaban J connectivity index is 2.03. The maximum Gasteiger partial charge on any atom is 0.344 e. The summed E-state index contributed by atoms with van der Waals surface area (Å²) in [5.74, 6) is -1.09. The highest BCUT2D eigenvalue weighted by atomic mass is 32.1. The van der Waals surface area contributed by atoms with E-state index in [4.69, 9.17) is 21.7 Å². The van der Waals surface area contributed by atoms with Gasteiger partial charge in [-0.3, -0.25) is 20.2 Å². The van der Waals surface area contributed by atoms with Gasteiger partial charge in [-0.05, 0) is 42.9 Å². The van der Waals surface area contributed by atoms with Crippen LogP contribution in [0.25, 0.3) is 6.08 Å². The van der Waals surface area contributed by atoms with Crippen LogP contribution in [0.1, 0.15) is 12.5 Å². The van der Waals surface area contributed by atoms with Crippen LogP contribution >= 0.6 is 12.2 Å². The van der Waals surface area contributed by atoms with Gasteiger partial charge in [0.25, 0.3) is 11.8 Å². The van der Waals surface area contributed by atoms with Crippen LogP contribution in [-0.4, -0.2) is 36.1 Å². The summed E-state index contributed by atoms with van der Waals surface area (Å²) in [7, 11) is 0. The minimum atomic E-state index is -0.554. The monoisotopic (exact) mass is 334 g/mol. The van der Waals surface area contributed by atoms with Crippen LogP contribution < -0.4 is 15.4 Å². The third-order valence-corrected chi connectivity index (χ3v) is 3.00. The van der Waals surface area contributed by atoms with Crippen molar-refractivity contribution in [3.63, 3.8) is 0 Å². The van der Waals surface area contributed by atoms with Crippen LogP contribution in [0.15, 0.2) is 29.8 Å². The highest BCUT2D eigenvalue weighted by molar-refractivity contribution is 7.80. The molecular formula is C15H14N2O5S. The highest BCUT2D eigenvalue weighted by Gasteiger charge is 2.25. The van der Waals surface area contributed by atoms with Crippen molar-refractivity contribution in [2.45, 2.75) is 6.92 Å². The first kappa shape index (κ1) is 16.6. The topological polar surface area (TPSA) is 93.7 Å². The van der Waals surface area contributed by atoms with E-state index in [1.165, 1.54) is 6.08 Å². The molecule has 23 heavy (non-hydrogen) atoms. The van der Waals surface area contributed by atoms with Crippen molar-refractivity contribution in [2.75, 3.05) is 13.2 Å². The summed E-state index contributed by atoms with van der Waals surface area (Å²) in [6.45, 7) is 1.82. The SMILES string of the molecule is CCOC(=O)COc1ccc(C=C2C(=O)NC(=S)NC2=O)cc1. The summed E-state index contributed by atoms with van der Waals surface area (Å²) in [5.41, 5.74) is 0.584. The molecule has 0 aromatic heterocycles. The standard InChI is InChI=1S/C15H14N2O5S/c1-2-21-12(18)8-22-10-5-3-9(4-6-10)7-11-13(19)16-15(23)17-14(11)20/h3-7H,2,8H2,1H3,(H2,16,17,19,20,23). The Labute approximate surface area is 137 Å². The first-order chi connectivity index (χ1) is 11.0. The van der Waals surface area contributed by atoms with Crippen molar-refractivity contribution < 1.29 is 23.9 Å². The number of hydrogen-bond acceptors (Lipinski definition) is 6. The maximum atomic E-state index is 11.7. The number of rotatable bonds is 5. The third-order valence-electron chi connectivity index (χ3n) is 2.80. The van der Waals surface area contributed by atoms with Gasteiger partial charge in [0.1, 0.15) is 11.3 Å². The van der Waals surface area contributed by atoms with Gasteiger partial charge in [0.05, 0.1) is 6.61 Å². The lowest BCUT2D eigenvalue weighted by atomic mass is 10.1. The Bertz CT molecular complexity index is 660. The lowest BCUT2D eigenvalue weighted by molar-refractivity contribution is -0.145. The molecule has 2 amide bonds. The average molecular weight is 334 g/mol. The molecule has 0 radical (unpaired) electrons. The fourth-order valence-corrected chi connectivity index (χ4v) is 1.96. The van der Waals surface area contributed by atoms with E-state index in [1.54, 1.807) is 31.2 Å². The Morgan fingerprint density at radius 3 is 2.35 bits per heavy atom. The highest BCUT2D eigenvalue weighted by Crippen LogP contribution is 2.15. The molecule has 1 aliphatic rings. The molecule has 1 aliphatic heterocycles. The predicted octanol–water partition coefficient (Wildman–Crippen LogP) is 0.543. The molecule has 0 bridgehead atoms. The van der Waals surface area contributed by atoms with Gasteiger partial charge in [0.15, 0.2) is 11.7 Å². The van der Waals surface area contributed by atoms with E-state index in [1.807, 2.05) is 0 Å². The van der Waals surface area contributed by atoms with E-state index in [-0.39, 0.29) is 17.3 Å². The summed E-state index contributed by atoms with van der Waals surface area (Å²) in [5, 5.41) is 4.69. The number of benzene rings is 1. The quantitative estimate of drug-likeness (QED) is 0.353. The molecular weight excluding hydrogens is 320 g/mol. The Morgan fingerprint density at radius 2 is 1.78 bits per heavy atom. The normalized spacial score (nSPS) is 14.0.